The molecule has 0 unspecified atom stereocenters. The van der Waals surface area contributed by atoms with Crippen molar-refractivity contribution in [2.45, 2.75) is 13.1 Å². The number of carbonyl (C=O) groups is 1. The lowest BCUT2D eigenvalue weighted by molar-refractivity contribution is -0.118. The molecule has 16 heavy (non-hydrogen) atoms. The highest BCUT2D eigenvalue weighted by Gasteiger charge is 2.29. The molecule has 0 aromatic heterocycles. The van der Waals surface area contributed by atoms with Crippen molar-refractivity contribution in [1.29, 1.82) is 0 Å². The van der Waals surface area contributed by atoms with E-state index in [1.165, 1.54) is 0 Å². The number of hydrogen-bond acceptors (Lipinski definition) is 3. The van der Waals surface area contributed by atoms with Gasteiger partial charge in [-0.15, -0.1) is 0 Å². The fraction of sp³-hybridized carbons (Fsp3) is 0.417. The number of hydrogen-bond donors (Lipinski definition) is 1. The zero-order chi connectivity index (χ0) is 11.5. The zero-order valence-corrected chi connectivity index (χ0v) is 9.56. The molecule has 0 saturated carbocycles. The number of nitrogens with zero attached hydrogens (tertiary/aromatic N) is 1. The van der Waals surface area contributed by atoms with Crippen LogP contribution in [0.3, 0.4) is 0 Å². The maximum absolute atomic E-state index is 11.3. The Bertz CT molecular complexity index is 375. The van der Waals surface area contributed by atoms with Crippen LogP contribution in [-0.2, 0) is 4.79 Å². The van der Waals surface area contributed by atoms with Gasteiger partial charge in [0.05, 0.1) is 13.7 Å². The standard InChI is InChI=1S/C12H16N2O2/c1-3-14-8-11(15)13-12(14)9-4-6-10(16-2)7-5-9/h4-7,12H,3,8H2,1-2H3,(H,13,15)/t12-/m1/s1. The Morgan fingerprint density at radius 3 is 2.69 bits per heavy atom. The Hall–Kier alpha value is -1.55. The largest absolute Gasteiger partial charge is 0.497 e. The Kier molecular flexibility index (Phi) is 3.10. The summed E-state index contributed by atoms with van der Waals surface area (Å²) in [6, 6.07) is 7.79. The van der Waals surface area contributed by atoms with Crippen molar-refractivity contribution in [1.82, 2.24) is 10.2 Å². The van der Waals surface area contributed by atoms with Gasteiger partial charge in [0.1, 0.15) is 11.9 Å². The van der Waals surface area contributed by atoms with Gasteiger partial charge < -0.3 is 10.1 Å². The van der Waals surface area contributed by atoms with E-state index in [0.29, 0.717) is 6.54 Å². The SMILES string of the molecule is CCN1CC(=O)N[C@H]1c1ccc(OC)cc1. The number of amides is 1. The highest BCUT2D eigenvalue weighted by Crippen LogP contribution is 2.23. The number of likely N-dealkylation sites (N-methyl/N-ethyl adjacent to an activating group) is 1. The van der Waals surface area contributed by atoms with Crippen molar-refractivity contribution >= 4 is 5.91 Å². The molecule has 1 aromatic rings. The van der Waals surface area contributed by atoms with Gasteiger partial charge in [-0.2, -0.15) is 0 Å². The van der Waals surface area contributed by atoms with Gasteiger partial charge in [0, 0.05) is 0 Å². The Morgan fingerprint density at radius 1 is 1.44 bits per heavy atom. The average Bonchev–Trinajstić information content (AvgIpc) is 2.70. The molecule has 1 aliphatic heterocycles. The topological polar surface area (TPSA) is 41.6 Å². The van der Waals surface area contributed by atoms with Crippen LogP contribution in [0.1, 0.15) is 18.7 Å². The quantitative estimate of drug-likeness (QED) is 0.830. The van der Waals surface area contributed by atoms with Crippen LogP contribution < -0.4 is 10.1 Å². The van der Waals surface area contributed by atoms with Crippen molar-refractivity contribution in [2.75, 3.05) is 20.2 Å². The molecule has 0 radical (unpaired) electrons. The lowest BCUT2D eigenvalue weighted by atomic mass is 10.1. The van der Waals surface area contributed by atoms with E-state index in [1.54, 1.807) is 7.11 Å². The summed E-state index contributed by atoms with van der Waals surface area (Å²) in [6.07, 6.45) is 0.00315. The van der Waals surface area contributed by atoms with Crippen LogP contribution in [0, 0.1) is 0 Å². The predicted octanol–water partition coefficient (Wildman–Crippen LogP) is 1.15. The lowest BCUT2D eigenvalue weighted by Gasteiger charge is -2.21. The zero-order valence-electron chi connectivity index (χ0n) is 9.56. The second-order valence-electron chi connectivity index (χ2n) is 3.81. The molecule has 0 aliphatic carbocycles. The van der Waals surface area contributed by atoms with Gasteiger partial charge in [0.2, 0.25) is 5.91 Å². The third kappa shape index (κ3) is 2.02. The lowest BCUT2D eigenvalue weighted by Crippen LogP contribution is -2.27. The highest BCUT2D eigenvalue weighted by atomic mass is 16.5. The van der Waals surface area contributed by atoms with Gasteiger partial charge in [-0.05, 0) is 24.2 Å². The minimum Gasteiger partial charge on any atom is -0.497 e. The summed E-state index contributed by atoms with van der Waals surface area (Å²) in [7, 11) is 1.64. The van der Waals surface area contributed by atoms with Gasteiger partial charge >= 0.3 is 0 Å². The van der Waals surface area contributed by atoms with Crippen LogP contribution in [0.4, 0.5) is 0 Å². The Morgan fingerprint density at radius 2 is 2.12 bits per heavy atom. The minimum atomic E-state index is 0.00315. The van der Waals surface area contributed by atoms with Crippen molar-refractivity contribution < 1.29 is 9.53 Å². The van der Waals surface area contributed by atoms with E-state index in [0.717, 1.165) is 17.9 Å². The number of rotatable bonds is 3. The summed E-state index contributed by atoms with van der Waals surface area (Å²) < 4.78 is 5.11. The first-order chi connectivity index (χ1) is 7.74. The van der Waals surface area contributed by atoms with E-state index in [4.69, 9.17) is 4.74 Å². The third-order valence-corrected chi connectivity index (χ3v) is 2.85. The number of nitrogens with one attached hydrogen (secondary N) is 1. The van der Waals surface area contributed by atoms with Crippen molar-refractivity contribution in [2.24, 2.45) is 0 Å². The smallest absolute Gasteiger partial charge is 0.235 e. The van der Waals surface area contributed by atoms with Gasteiger partial charge in [0.15, 0.2) is 0 Å². The summed E-state index contributed by atoms with van der Waals surface area (Å²) in [5, 5.41) is 2.95. The molecule has 1 aromatic carbocycles. The first-order valence-corrected chi connectivity index (χ1v) is 5.42. The monoisotopic (exact) mass is 220 g/mol. The first-order valence-electron chi connectivity index (χ1n) is 5.42. The summed E-state index contributed by atoms with van der Waals surface area (Å²) in [5.41, 5.74) is 1.09. The van der Waals surface area contributed by atoms with Crippen molar-refractivity contribution in [3.05, 3.63) is 29.8 Å². The van der Waals surface area contributed by atoms with Gasteiger partial charge in [0.25, 0.3) is 0 Å². The second-order valence-corrected chi connectivity index (χ2v) is 3.81. The van der Waals surface area contributed by atoms with Crippen LogP contribution in [0.2, 0.25) is 0 Å². The van der Waals surface area contributed by atoms with Crippen molar-refractivity contribution in [3.8, 4) is 5.75 Å². The summed E-state index contributed by atoms with van der Waals surface area (Å²) in [4.78, 5) is 13.4. The molecular formula is C12H16N2O2. The second kappa shape index (κ2) is 4.53. The molecule has 4 nitrogen and oxygen atoms in total. The minimum absolute atomic E-state index is 0.00315. The van der Waals surface area contributed by atoms with Crippen molar-refractivity contribution in [3.63, 3.8) is 0 Å². The number of ether oxygens (including phenoxy) is 1. The van der Waals surface area contributed by atoms with E-state index in [1.807, 2.05) is 24.3 Å². The van der Waals surface area contributed by atoms with Crippen LogP contribution in [0.15, 0.2) is 24.3 Å². The molecule has 1 amide bonds. The molecule has 1 aliphatic rings. The normalized spacial score (nSPS) is 20.9. The molecule has 86 valence electrons. The molecule has 2 rings (SSSR count). The van der Waals surface area contributed by atoms with Crippen LogP contribution >= 0.6 is 0 Å². The van der Waals surface area contributed by atoms with E-state index in [2.05, 4.69) is 17.1 Å². The maximum atomic E-state index is 11.3. The highest BCUT2D eigenvalue weighted by molar-refractivity contribution is 5.80. The van der Waals surface area contributed by atoms with Crippen LogP contribution in [0.25, 0.3) is 0 Å². The van der Waals surface area contributed by atoms with Gasteiger partial charge in [-0.1, -0.05) is 19.1 Å². The van der Waals surface area contributed by atoms with E-state index in [-0.39, 0.29) is 12.1 Å². The first kappa shape index (κ1) is 11.0. The molecule has 1 N–H and O–H groups in total. The van der Waals surface area contributed by atoms with E-state index >= 15 is 0 Å². The summed E-state index contributed by atoms with van der Waals surface area (Å²) in [5.74, 6) is 0.916. The molecule has 1 fully saturated rings. The molecule has 1 saturated heterocycles. The molecule has 1 atom stereocenters. The van der Waals surface area contributed by atoms with E-state index in [9.17, 15) is 4.79 Å². The number of carbonyl (C=O) groups excluding carboxylic acids is 1. The molecule has 0 bridgehead atoms. The fourth-order valence-corrected chi connectivity index (χ4v) is 1.94. The van der Waals surface area contributed by atoms with Crippen LogP contribution in [0.5, 0.6) is 5.75 Å². The summed E-state index contributed by atoms with van der Waals surface area (Å²) in [6.45, 7) is 3.39. The fourth-order valence-electron chi connectivity index (χ4n) is 1.94. The maximum Gasteiger partial charge on any atom is 0.235 e. The predicted molar refractivity (Wildman–Crippen MR) is 61.1 cm³/mol. The van der Waals surface area contributed by atoms with E-state index < -0.39 is 0 Å². The molecule has 0 spiro atoms. The van der Waals surface area contributed by atoms with Gasteiger partial charge in [-0.3, -0.25) is 9.69 Å². The third-order valence-electron chi connectivity index (χ3n) is 2.85. The van der Waals surface area contributed by atoms with Crippen LogP contribution in [-0.4, -0.2) is 31.0 Å². The Balaban J connectivity index is 2.19. The Labute approximate surface area is 95.2 Å². The number of methoxy groups -OCH3 is 1. The molecule has 1 heterocycles. The molecular weight excluding hydrogens is 204 g/mol. The average molecular weight is 220 g/mol. The number of benzene rings is 1. The van der Waals surface area contributed by atoms with Gasteiger partial charge in [-0.25, -0.2) is 0 Å². The molecule has 4 heteroatoms. The summed E-state index contributed by atoms with van der Waals surface area (Å²) >= 11 is 0.